The van der Waals surface area contributed by atoms with E-state index in [9.17, 15) is 14.5 Å². The Bertz CT molecular complexity index is 478. The fraction of sp³-hybridized carbons (Fsp3) is 0.600. The zero-order chi connectivity index (χ0) is 14.5. The van der Waals surface area contributed by atoms with Gasteiger partial charge in [0.15, 0.2) is 0 Å². The van der Waals surface area contributed by atoms with Crippen LogP contribution in [0, 0.1) is 21.8 Å². The molecule has 0 spiro atoms. The predicted octanol–water partition coefficient (Wildman–Crippen LogP) is 4.22. The van der Waals surface area contributed by atoms with E-state index in [1.807, 2.05) is 0 Å². The average molecular weight is 281 g/mol. The van der Waals surface area contributed by atoms with Gasteiger partial charge in [-0.1, -0.05) is 26.2 Å². The molecule has 1 fully saturated rings. The summed E-state index contributed by atoms with van der Waals surface area (Å²) in [6.07, 6.45) is 6.00. The lowest BCUT2D eigenvalue weighted by atomic mass is 9.85. The Balaban J connectivity index is 1.96. The van der Waals surface area contributed by atoms with Crippen molar-refractivity contribution in [2.45, 2.75) is 51.7 Å². The summed E-state index contributed by atoms with van der Waals surface area (Å²) in [7, 11) is 0. The maximum atomic E-state index is 13.5. The third-order valence-corrected chi connectivity index (χ3v) is 4.04. The van der Waals surface area contributed by atoms with Gasteiger partial charge >= 0.3 is 5.69 Å². The number of ether oxygens (including phenoxy) is 1. The lowest BCUT2D eigenvalue weighted by molar-refractivity contribution is -0.387. The van der Waals surface area contributed by atoms with Crippen molar-refractivity contribution >= 4 is 5.69 Å². The Morgan fingerprint density at radius 3 is 2.80 bits per heavy atom. The van der Waals surface area contributed by atoms with Crippen LogP contribution in [-0.2, 0) is 11.3 Å². The summed E-state index contributed by atoms with van der Waals surface area (Å²) in [5.41, 5.74) is 0.159. The van der Waals surface area contributed by atoms with Crippen LogP contribution in [0.5, 0.6) is 0 Å². The van der Waals surface area contributed by atoms with E-state index in [1.165, 1.54) is 31.4 Å². The van der Waals surface area contributed by atoms with E-state index in [2.05, 4.69) is 6.92 Å². The predicted molar refractivity (Wildman–Crippen MR) is 73.9 cm³/mol. The molecule has 0 N–H and O–H groups in total. The summed E-state index contributed by atoms with van der Waals surface area (Å²) in [5.74, 6) is -0.224. The van der Waals surface area contributed by atoms with Crippen molar-refractivity contribution in [3.05, 3.63) is 39.7 Å². The molecular weight excluding hydrogens is 261 g/mol. The third-order valence-electron chi connectivity index (χ3n) is 4.04. The van der Waals surface area contributed by atoms with Gasteiger partial charge in [0.05, 0.1) is 17.6 Å². The molecule has 0 bridgehead atoms. The van der Waals surface area contributed by atoms with Crippen LogP contribution < -0.4 is 0 Å². The maximum Gasteiger partial charge on any atom is 0.304 e. The van der Waals surface area contributed by atoms with Gasteiger partial charge in [0.1, 0.15) is 0 Å². The number of nitrogens with zero attached hydrogens (tertiary/aromatic N) is 1. The molecule has 1 aromatic rings. The monoisotopic (exact) mass is 281 g/mol. The molecule has 20 heavy (non-hydrogen) atoms. The number of halogens is 1. The molecule has 2 rings (SSSR count). The minimum atomic E-state index is -0.799. The van der Waals surface area contributed by atoms with E-state index in [4.69, 9.17) is 4.74 Å². The normalized spacial score (nSPS) is 22.7. The van der Waals surface area contributed by atoms with Crippen molar-refractivity contribution < 1.29 is 14.1 Å². The van der Waals surface area contributed by atoms with E-state index < -0.39 is 16.4 Å². The SMILES string of the molecule is CCC1CCCCC1OCc1ccc([N+](=O)[O-])c(F)c1. The molecule has 0 aliphatic heterocycles. The smallest absolute Gasteiger partial charge is 0.304 e. The number of hydrogen-bond acceptors (Lipinski definition) is 3. The number of benzene rings is 1. The molecule has 1 aliphatic rings. The van der Waals surface area contributed by atoms with Crippen LogP contribution in [-0.4, -0.2) is 11.0 Å². The molecule has 0 aromatic heterocycles. The van der Waals surface area contributed by atoms with Gasteiger partial charge in [-0.05, 0) is 36.5 Å². The van der Waals surface area contributed by atoms with Crippen LogP contribution in [0.25, 0.3) is 0 Å². The molecule has 0 heterocycles. The molecule has 2 unspecified atom stereocenters. The van der Waals surface area contributed by atoms with Crippen molar-refractivity contribution in [2.75, 3.05) is 0 Å². The van der Waals surface area contributed by atoms with Gasteiger partial charge in [0.25, 0.3) is 0 Å². The molecule has 1 saturated carbocycles. The largest absolute Gasteiger partial charge is 0.373 e. The molecular formula is C15H20FNO3. The van der Waals surface area contributed by atoms with Gasteiger partial charge in [-0.2, -0.15) is 4.39 Å². The maximum absolute atomic E-state index is 13.5. The molecule has 1 aromatic carbocycles. The fourth-order valence-corrected chi connectivity index (χ4v) is 2.85. The first-order chi connectivity index (χ1) is 9.61. The number of nitro groups is 1. The molecule has 2 atom stereocenters. The Morgan fingerprint density at radius 1 is 1.40 bits per heavy atom. The zero-order valence-electron chi connectivity index (χ0n) is 11.7. The highest BCUT2D eigenvalue weighted by molar-refractivity contribution is 5.34. The quantitative estimate of drug-likeness (QED) is 0.599. The standard InChI is InChI=1S/C15H20FNO3/c1-2-12-5-3-4-6-15(12)20-10-11-7-8-14(17(18)19)13(16)9-11/h7-9,12,15H,2-6,10H2,1H3. The van der Waals surface area contributed by atoms with Crippen LogP contribution >= 0.6 is 0 Å². The van der Waals surface area contributed by atoms with Gasteiger partial charge in [0, 0.05) is 6.07 Å². The van der Waals surface area contributed by atoms with Crippen molar-refractivity contribution in [3.63, 3.8) is 0 Å². The van der Waals surface area contributed by atoms with Crippen molar-refractivity contribution in [1.82, 2.24) is 0 Å². The molecule has 4 nitrogen and oxygen atoms in total. The highest BCUT2D eigenvalue weighted by Crippen LogP contribution is 2.30. The van der Waals surface area contributed by atoms with Gasteiger partial charge in [-0.25, -0.2) is 0 Å². The molecule has 1 aliphatic carbocycles. The molecule has 110 valence electrons. The topological polar surface area (TPSA) is 52.4 Å². The Hall–Kier alpha value is -1.49. The van der Waals surface area contributed by atoms with Gasteiger partial charge in [-0.15, -0.1) is 0 Å². The second-order valence-corrected chi connectivity index (χ2v) is 5.35. The van der Waals surface area contributed by atoms with Crippen molar-refractivity contribution in [1.29, 1.82) is 0 Å². The zero-order valence-corrected chi connectivity index (χ0v) is 11.7. The van der Waals surface area contributed by atoms with E-state index >= 15 is 0 Å². The summed E-state index contributed by atoms with van der Waals surface area (Å²) >= 11 is 0. The average Bonchev–Trinajstić information content (AvgIpc) is 2.45. The first-order valence-corrected chi connectivity index (χ1v) is 7.16. The van der Waals surface area contributed by atoms with Gasteiger partial charge in [-0.3, -0.25) is 10.1 Å². The van der Waals surface area contributed by atoms with E-state index in [-0.39, 0.29) is 6.10 Å². The fourth-order valence-electron chi connectivity index (χ4n) is 2.85. The summed E-state index contributed by atoms with van der Waals surface area (Å²) < 4.78 is 19.4. The first kappa shape index (κ1) is 14.9. The van der Waals surface area contributed by atoms with Crippen LogP contribution in [0.4, 0.5) is 10.1 Å². The minimum absolute atomic E-state index is 0.229. The number of nitro benzene ring substituents is 1. The summed E-state index contributed by atoms with van der Waals surface area (Å²) in [5, 5.41) is 10.6. The summed E-state index contributed by atoms with van der Waals surface area (Å²) in [6.45, 7) is 2.48. The van der Waals surface area contributed by atoms with Gasteiger partial charge in [0.2, 0.25) is 5.82 Å². The highest BCUT2D eigenvalue weighted by atomic mass is 19.1. The minimum Gasteiger partial charge on any atom is -0.373 e. The van der Waals surface area contributed by atoms with Crippen molar-refractivity contribution in [2.24, 2.45) is 5.92 Å². The summed E-state index contributed by atoms with van der Waals surface area (Å²) in [4.78, 5) is 9.84. The van der Waals surface area contributed by atoms with Crippen LogP contribution in [0.2, 0.25) is 0 Å². The van der Waals surface area contributed by atoms with E-state index in [1.54, 1.807) is 6.07 Å². The first-order valence-electron chi connectivity index (χ1n) is 7.16. The lowest BCUT2D eigenvalue weighted by Crippen LogP contribution is -2.27. The van der Waals surface area contributed by atoms with E-state index in [0.717, 1.165) is 12.8 Å². The number of hydrogen-bond donors (Lipinski definition) is 0. The van der Waals surface area contributed by atoms with Crippen LogP contribution in [0.15, 0.2) is 18.2 Å². The van der Waals surface area contributed by atoms with Crippen LogP contribution in [0.3, 0.4) is 0 Å². The van der Waals surface area contributed by atoms with Gasteiger partial charge < -0.3 is 4.74 Å². The molecule has 0 radical (unpaired) electrons. The highest BCUT2D eigenvalue weighted by Gasteiger charge is 2.24. The Labute approximate surface area is 118 Å². The third kappa shape index (κ3) is 3.54. The second kappa shape index (κ2) is 6.79. The second-order valence-electron chi connectivity index (χ2n) is 5.35. The Morgan fingerprint density at radius 2 is 2.15 bits per heavy atom. The van der Waals surface area contributed by atoms with Crippen molar-refractivity contribution in [3.8, 4) is 0 Å². The summed E-state index contributed by atoms with van der Waals surface area (Å²) in [6, 6.07) is 3.96. The van der Waals surface area contributed by atoms with Crippen LogP contribution in [0.1, 0.15) is 44.6 Å². The number of rotatable bonds is 5. The Kier molecular flexibility index (Phi) is 5.06. The molecule has 0 saturated heterocycles. The lowest BCUT2D eigenvalue weighted by Gasteiger charge is -2.30. The molecule has 5 heteroatoms. The van der Waals surface area contributed by atoms with E-state index in [0.29, 0.717) is 18.1 Å². The molecule has 0 amide bonds.